The number of hydrogen-bond donors (Lipinski definition) is 1. The topological polar surface area (TPSA) is 26.0 Å². The monoisotopic (exact) mass is 261 g/mol. The first kappa shape index (κ1) is 8.84. The molecular weight excluding hydrogens is 249 g/mol. The molecule has 1 aromatic carbocycles. The second-order valence-corrected chi connectivity index (χ2v) is 3.65. The van der Waals surface area contributed by atoms with Crippen LogP contribution >= 0.6 is 22.6 Å². The van der Waals surface area contributed by atoms with Gasteiger partial charge in [-0.15, -0.1) is 0 Å². The number of benzene rings is 1. The second kappa shape index (κ2) is 3.95. The third-order valence-electron chi connectivity index (χ3n) is 1.63. The molecule has 0 aliphatic carbocycles. The van der Waals surface area contributed by atoms with E-state index >= 15 is 0 Å². The molecule has 11 heavy (non-hydrogen) atoms. The molecule has 0 saturated carbocycles. The lowest BCUT2D eigenvalue weighted by Crippen LogP contribution is -1.94. The van der Waals surface area contributed by atoms with E-state index < -0.39 is 0 Å². The van der Waals surface area contributed by atoms with E-state index in [1.165, 1.54) is 15.6 Å². The average Bonchev–Trinajstić information content (AvgIpc) is 1.99. The first-order chi connectivity index (χ1) is 5.25. The highest BCUT2D eigenvalue weighted by Gasteiger charge is 1.99. The maximum atomic E-state index is 5.74. The van der Waals surface area contributed by atoms with Gasteiger partial charge < -0.3 is 5.73 Å². The predicted octanol–water partition coefficient (Wildman–Crippen LogP) is 2.83. The Morgan fingerprint density at radius 2 is 2.18 bits per heavy atom. The van der Waals surface area contributed by atoms with Crippen LogP contribution in [0.1, 0.15) is 18.9 Å². The lowest BCUT2D eigenvalue weighted by atomic mass is 10.1. The maximum absolute atomic E-state index is 5.74. The van der Waals surface area contributed by atoms with Crippen LogP contribution in [-0.4, -0.2) is 0 Å². The standard InChI is InChI=1S/C9H12IN/c1-2-4-7-5-3-6-8(11)9(7)10/h3,5-6H,2,4,11H2,1H3. The van der Waals surface area contributed by atoms with E-state index in [9.17, 15) is 0 Å². The van der Waals surface area contributed by atoms with Crippen LogP contribution in [0.5, 0.6) is 0 Å². The van der Waals surface area contributed by atoms with Crippen LogP contribution in [0, 0.1) is 3.57 Å². The molecule has 0 radical (unpaired) electrons. The molecule has 2 heteroatoms. The summed E-state index contributed by atoms with van der Waals surface area (Å²) in [7, 11) is 0. The van der Waals surface area contributed by atoms with Crippen LogP contribution in [0.25, 0.3) is 0 Å². The van der Waals surface area contributed by atoms with E-state index in [1.54, 1.807) is 0 Å². The van der Waals surface area contributed by atoms with Crippen molar-refractivity contribution < 1.29 is 0 Å². The second-order valence-electron chi connectivity index (χ2n) is 2.57. The Kier molecular flexibility index (Phi) is 3.17. The van der Waals surface area contributed by atoms with Gasteiger partial charge in [-0.2, -0.15) is 0 Å². The van der Waals surface area contributed by atoms with Crippen molar-refractivity contribution in [3.05, 3.63) is 27.3 Å². The van der Waals surface area contributed by atoms with Gasteiger partial charge in [-0.05, 0) is 40.6 Å². The molecule has 60 valence electrons. The Bertz CT molecular complexity index is 245. The van der Waals surface area contributed by atoms with Crippen LogP contribution in [0.4, 0.5) is 5.69 Å². The Morgan fingerprint density at radius 1 is 1.45 bits per heavy atom. The molecule has 1 rings (SSSR count). The van der Waals surface area contributed by atoms with Crippen molar-refractivity contribution in [1.82, 2.24) is 0 Å². The van der Waals surface area contributed by atoms with Crippen LogP contribution in [0.15, 0.2) is 18.2 Å². The van der Waals surface area contributed by atoms with Gasteiger partial charge in [0.05, 0.1) is 0 Å². The van der Waals surface area contributed by atoms with Crippen molar-refractivity contribution in [2.24, 2.45) is 0 Å². The minimum atomic E-state index is 0.900. The lowest BCUT2D eigenvalue weighted by molar-refractivity contribution is 0.917. The van der Waals surface area contributed by atoms with Crippen molar-refractivity contribution >= 4 is 28.3 Å². The molecule has 0 atom stereocenters. The zero-order valence-electron chi connectivity index (χ0n) is 6.60. The maximum Gasteiger partial charge on any atom is 0.0452 e. The molecule has 0 saturated heterocycles. The number of halogens is 1. The van der Waals surface area contributed by atoms with Gasteiger partial charge in [0.25, 0.3) is 0 Å². The normalized spacial score (nSPS) is 10.0. The number of rotatable bonds is 2. The van der Waals surface area contributed by atoms with Crippen molar-refractivity contribution in [1.29, 1.82) is 0 Å². The summed E-state index contributed by atoms with van der Waals surface area (Å²) in [6, 6.07) is 6.10. The van der Waals surface area contributed by atoms with Crippen LogP contribution in [-0.2, 0) is 6.42 Å². The molecular formula is C9H12IN. The summed E-state index contributed by atoms with van der Waals surface area (Å²) < 4.78 is 1.21. The Morgan fingerprint density at radius 3 is 2.82 bits per heavy atom. The molecule has 0 heterocycles. The van der Waals surface area contributed by atoms with Crippen LogP contribution in [0.2, 0.25) is 0 Å². The molecule has 0 aromatic heterocycles. The highest BCUT2D eigenvalue weighted by atomic mass is 127. The van der Waals surface area contributed by atoms with Gasteiger partial charge in [0.1, 0.15) is 0 Å². The molecule has 2 N–H and O–H groups in total. The first-order valence-corrected chi connectivity index (χ1v) is 4.86. The number of nitrogens with two attached hydrogens (primary N) is 1. The molecule has 1 aromatic rings. The fourth-order valence-corrected chi connectivity index (χ4v) is 1.69. The Hall–Kier alpha value is -0.250. The van der Waals surface area contributed by atoms with Gasteiger partial charge in [0, 0.05) is 9.26 Å². The van der Waals surface area contributed by atoms with E-state index in [1.807, 2.05) is 12.1 Å². The molecule has 1 nitrogen and oxygen atoms in total. The van der Waals surface area contributed by atoms with E-state index in [-0.39, 0.29) is 0 Å². The van der Waals surface area contributed by atoms with Crippen molar-refractivity contribution in [2.45, 2.75) is 19.8 Å². The summed E-state index contributed by atoms with van der Waals surface area (Å²) in [5.74, 6) is 0. The number of hydrogen-bond acceptors (Lipinski definition) is 1. The number of aryl methyl sites for hydroxylation is 1. The highest BCUT2D eigenvalue weighted by Crippen LogP contribution is 2.20. The summed E-state index contributed by atoms with van der Waals surface area (Å²) in [4.78, 5) is 0. The van der Waals surface area contributed by atoms with Gasteiger partial charge in [-0.1, -0.05) is 25.5 Å². The van der Waals surface area contributed by atoms with E-state index in [0.717, 1.165) is 12.1 Å². The van der Waals surface area contributed by atoms with Crippen molar-refractivity contribution in [3.8, 4) is 0 Å². The number of nitrogen functional groups attached to an aromatic ring is 1. The lowest BCUT2D eigenvalue weighted by Gasteiger charge is -2.04. The quantitative estimate of drug-likeness (QED) is 0.643. The fourth-order valence-electron chi connectivity index (χ4n) is 1.06. The molecule has 0 aliphatic rings. The summed E-state index contributed by atoms with van der Waals surface area (Å²) in [5, 5.41) is 0. The van der Waals surface area contributed by atoms with Crippen LogP contribution in [0.3, 0.4) is 0 Å². The molecule has 0 bridgehead atoms. The third kappa shape index (κ3) is 2.09. The Labute approximate surface area is 81.1 Å². The zero-order chi connectivity index (χ0) is 8.27. The molecule has 0 amide bonds. The van der Waals surface area contributed by atoms with Crippen molar-refractivity contribution in [2.75, 3.05) is 5.73 Å². The molecule has 0 spiro atoms. The van der Waals surface area contributed by atoms with Gasteiger partial charge >= 0.3 is 0 Å². The van der Waals surface area contributed by atoms with E-state index in [4.69, 9.17) is 5.73 Å². The van der Waals surface area contributed by atoms with Gasteiger partial charge in [0.2, 0.25) is 0 Å². The van der Waals surface area contributed by atoms with Gasteiger partial charge in [-0.25, -0.2) is 0 Å². The van der Waals surface area contributed by atoms with Crippen molar-refractivity contribution in [3.63, 3.8) is 0 Å². The van der Waals surface area contributed by atoms with Crippen LogP contribution < -0.4 is 5.73 Å². The predicted molar refractivity (Wildman–Crippen MR) is 57.6 cm³/mol. The smallest absolute Gasteiger partial charge is 0.0452 e. The Balaban J connectivity index is 2.96. The highest BCUT2D eigenvalue weighted by molar-refractivity contribution is 14.1. The summed E-state index contributed by atoms with van der Waals surface area (Å²) >= 11 is 2.30. The summed E-state index contributed by atoms with van der Waals surface area (Å²) in [6.07, 6.45) is 2.31. The largest absolute Gasteiger partial charge is 0.398 e. The van der Waals surface area contributed by atoms with Gasteiger partial charge in [0.15, 0.2) is 0 Å². The first-order valence-electron chi connectivity index (χ1n) is 3.78. The third-order valence-corrected chi connectivity index (χ3v) is 2.94. The van der Waals surface area contributed by atoms with E-state index in [0.29, 0.717) is 0 Å². The fraction of sp³-hybridized carbons (Fsp3) is 0.333. The minimum absolute atomic E-state index is 0.900. The summed E-state index contributed by atoms with van der Waals surface area (Å²) in [5.41, 5.74) is 8.01. The summed E-state index contributed by atoms with van der Waals surface area (Å²) in [6.45, 7) is 2.18. The van der Waals surface area contributed by atoms with Gasteiger partial charge in [-0.3, -0.25) is 0 Å². The molecule has 0 aliphatic heterocycles. The van der Waals surface area contributed by atoms with E-state index in [2.05, 4.69) is 35.6 Å². The molecule has 0 unspecified atom stereocenters. The minimum Gasteiger partial charge on any atom is -0.398 e. The molecule has 0 fully saturated rings. The number of anilines is 1. The zero-order valence-corrected chi connectivity index (χ0v) is 8.76. The average molecular weight is 261 g/mol. The SMILES string of the molecule is CCCc1cccc(N)c1I.